The molecule has 0 fully saturated rings. The van der Waals surface area contributed by atoms with Gasteiger partial charge in [-0.15, -0.1) is 0 Å². The van der Waals surface area contributed by atoms with E-state index < -0.39 is 33.1 Å². The van der Waals surface area contributed by atoms with E-state index in [9.17, 15) is 17.6 Å². The molecule has 0 aliphatic heterocycles. The molecular weight excluding hydrogens is 373 g/mol. The number of halogens is 1. The summed E-state index contributed by atoms with van der Waals surface area (Å²) < 4.78 is 50.8. The van der Waals surface area contributed by atoms with E-state index in [-0.39, 0.29) is 5.56 Å². The van der Waals surface area contributed by atoms with Crippen LogP contribution in [-0.4, -0.2) is 27.9 Å². The van der Waals surface area contributed by atoms with Crippen molar-refractivity contribution in [2.45, 2.75) is 4.90 Å². The molecule has 0 aliphatic rings. The molecule has 0 bridgehead atoms. The van der Waals surface area contributed by atoms with Crippen LogP contribution in [0, 0.1) is 5.82 Å². The Morgan fingerprint density at radius 3 is 2.59 bits per heavy atom. The molecule has 1 N–H and O–H groups in total. The van der Waals surface area contributed by atoms with Gasteiger partial charge in [0.15, 0.2) is 5.78 Å². The number of ether oxygens (including phenoxy) is 1. The quantitative estimate of drug-likeness (QED) is 0.627. The minimum Gasteiger partial charge on any atom is -0.497 e. The van der Waals surface area contributed by atoms with Gasteiger partial charge in [0.2, 0.25) is 10.0 Å². The maximum atomic E-state index is 13.7. The van der Waals surface area contributed by atoms with Gasteiger partial charge in [0.25, 0.3) is 0 Å². The lowest BCUT2D eigenvalue weighted by molar-refractivity contribution is 0.0996. The number of hydrogen-bond acceptors (Lipinski definition) is 5. The number of benzene rings is 2. The number of furan rings is 1. The van der Waals surface area contributed by atoms with E-state index in [2.05, 4.69) is 4.72 Å². The van der Waals surface area contributed by atoms with E-state index in [1.807, 2.05) is 0 Å². The topological polar surface area (TPSA) is 85.6 Å². The Morgan fingerprint density at radius 1 is 1.15 bits per heavy atom. The second kappa shape index (κ2) is 7.73. The summed E-state index contributed by atoms with van der Waals surface area (Å²) in [5.41, 5.74) is 0.844. The third-order valence-corrected chi connectivity index (χ3v) is 5.25. The Labute approximate surface area is 155 Å². The number of carbonyl (C=O) groups is 1. The molecule has 27 heavy (non-hydrogen) atoms. The van der Waals surface area contributed by atoms with Crippen LogP contribution < -0.4 is 9.46 Å². The molecule has 0 unspecified atom stereocenters. The smallest absolute Gasteiger partial charge is 0.243 e. The third-order valence-electron chi connectivity index (χ3n) is 3.82. The van der Waals surface area contributed by atoms with E-state index in [4.69, 9.17) is 9.15 Å². The Hall–Kier alpha value is -2.97. The van der Waals surface area contributed by atoms with Crippen LogP contribution in [0.3, 0.4) is 0 Å². The molecule has 8 heteroatoms. The van der Waals surface area contributed by atoms with Crippen molar-refractivity contribution in [1.82, 2.24) is 4.72 Å². The lowest BCUT2D eigenvalue weighted by Crippen LogP contribution is -2.30. The van der Waals surface area contributed by atoms with Crippen LogP contribution in [0.25, 0.3) is 11.3 Å². The molecule has 0 saturated carbocycles. The molecule has 0 radical (unpaired) electrons. The van der Waals surface area contributed by atoms with Crippen molar-refractivity contribution in [2.24, 2.45) is 0 Å². The summed E-state index contributed by atoms with van der Waals surface area (Å²) >= 11 is 0. The summed E-state index contributed by atoms with van der Waals surface area (Å²) in [4.78, 5) is 12.0. The molecule has 0 aliphatic carbocycles. The second-order valence-corrected chi connectivity index (χ2v) is 7.34. The number of nitrogens with one attached hydrogen (secondary N) is 1. The molecule has 3 rings (SSSR count). The van der Waals surface area contributed by atoms with E-state index >= 15 is 0 Å². The number of Topliss-reactive ketones (excluding diaryl/α,β-unsaturated/α-hetero) is 1. The Bertz CT molecular complexity index is 1060. The Balaban J connectivity index is 1.82. The van der Waals surface area contributed by atoms with Gasteiger partial charge >= 0.3 is 0 Å². The van der Waals surface area contributed by atoms with Gasteiger partial charge in [0.1, 0.15) is 22.2 Å². The molecule has 0 amide bonds. The average molecular weight is 389 g/mol. The first-order chi connectivity index (χ1) is 12.9. The molecule has 2 aromatic carbocycles. The van der Waals surface area contributed by atoms with Crippen LogP contribution in [0.15, 0.2) is 70.2 Å². The highest BCUT2D eigenvalue weighted by molar-refractivity contribution is 7.89. The first-order valence-corrected chi connectivity index (χ1v) is 9.39. The summed E-state index contributed by atoms with van der Waals surface area (Å²) in [6, 6.07) is 13.1. The number of sulfonamides is 1. The van der Waals surface area contributed by atoms with E-state index in [0.29, 0.717) is 17.1 Å². The highest BCUT2D eigenvalue weighted by Crippen LogP contribution is 2.26. The SMILES string of the molecule is COc1cc(C(=O)CNS(=O)(=O)c2ccccc2F)cc(-c2ccco2)c1. The summed E-state index contributed by atoms with van der Waals surface area (Å²) in [7, 11) is -2.70. The number of rotatable bonds is 7. The highest BCUT2D eigenvalue weighted by Gasteiger charge is 2.20. The van der Waals surface area contributed by atoms with Gasteiger partial charge in [0, 0.05) is 11.1 Å². The molecular formula is C19H16FNO5S. The van der Waals surface area contributed by atoms with Gasteiger partial charge in [-0.05, 0) is 42.5 Å². The lowest BCUT2D eigenvalue weighted by Gasteiger charge is -2.09. The molecule has 1 heterocycles. The van der Waals surface area contributed by atoms with Gasteiger partial charge in [-0.25, -0.2) is 17.5 Å². The fourth-order valence-electron chi connectivity index (χ4n) is 2.47. The zero-order valence-electron chi connectivity index (χ0n) is 14.3. The molecule has 0 spiro atoms. The maximum absolute atomic E-state index is 13.7. The fourth-order valence-corrected chi connectivity index (χ4v) is 3.53. The van der Waals surface area contributed by atoms with Crippen molar-refractivity contribution in [3.8, 4) is 17.1 Å². The zero-order valence-corrected chi connectivity index (χ0v) is 15.1. The Kier molecular flexibility index (Phi) is 5.38. The minimum atomic E-state index is -4.16. The van der Waals surface area contributed by atoms with Crippen LogP contribution in [-0.2, 0) is 10.0 Å². The summed E-state index contributed by atoms with van der Waals surface area (Å²) in [6.07, 6.45) is 1.50. The maximum Gasteiger partial charge on any atom is 0.243 e. The molecule has 0 atom stereocenters. The molecule has 6 nitrogen and oxygen atoms in total. The van der Waals surface area contributed by atoms with E-state index in [1.165, 1.54) is 31.6 Å². The fraction of sp³-hybridized carbons (Fsp3) is 0.105. The number of hydrogen-bond donors (Lipinski definition) is 1. The highest BCUT2D eigenvalue weighted by atomic mass is 32.2. The van der Waals surface area contributed by atoms with Crippen LogP contribution in [0.4, 0.5) is 4.39 Å². The summed E-state index contributed by atoms with van der Waals surface area (Å²) in [5, 5.41) is 0. The van der Waals surface area contributed by atoms with Crippen LogP contribution in [0.1, 0.15) is 10.4 Å². The predicted molar refractivity (Wildman–Crippen MR) is 96.6 cm³/mol. The molecule has 1 aromatic heterocycles. The number of methoxy groups -OCH3 is 1. The second-order valence-electron chi connectivity index (χ2n) is 5.61. The van der Waals surface area contributed by atoms with Gasteiger partial charge in [-0.2, -0.15) is 0 Å². The monoisotopic (exact) mass is 389 g/mol. The van der Waals surface area contributed by atoms with Crippen LogP contribution in [0.2, 0.25) is 0 Å². The van der Waals surface area contributed by atoms with Gasteiger partial charge in [-0.1, -0.05) is 12.1 Å². The van der Waals surface area contributed by atoms with Gasteiger partial charge < -0.3 is 9.15 Å². The normalized spacial score (nSPS) is 11.3. The standard InChI is InChI=1S/C19H16FNO5S/c1-25-15-10-13(9-14(11-15)18-6-4-8-26-18)17(22)12-21-27(23,24)19-7-3-2-5-16(19)20/h2-11,21H,12H2,1H3. The van der Waals surface area contributed by atoms with Crippen molar-refractivity contribution in [1.29, 1.82) is 0 Å². The van der Waals surface area contributed by atoms with Gasteiger partial charge in [0.05, 0.1) is 19.9 Å². The van der Waals surface area contributed by atoms with Crippen molar-refractivity contribution >= 4 is 15.8 Å². The zero-order chi connectivity index (χ0) is 19.4. The third kappa shape index (κ3) is 4.24. The van der Waals surface area contributed by atoms with Crippen LogP contribution in [0.5, 0.6) is 5.75 Å². The minimum absolute atomic E-state index is 0.233. The largest absolute Gasteiger partial charge is 0.497 e. The molecule has 0 saturated heterocycles. The Morgan fingerprint density at radius 2 is 1.93 bits per heavy atom. The van der Waals surface area contributed by atoms with Crippen molar-refractivity contribution < 1.29 is 26.8 Å². The first kappa shape index (κ1) is 18.8. The average Bonchev–Trinajstić information content (AvgIpc) is 3.21. The van der Waals surface area contributed by atoms with Crippen LogP contribution >= 0.6 is 0 Å². The predicted octanol–water partition coefficient (Wildman–Crippen LogP) is 3.26. The lowest BCUT2D eigenvalue weighted by atomic mass is 10.0. The number of ketones is 1. The van der Waals surface area contributed by atoms with Gasteiger partial charge in [-0.3, -0.25) is 4.79 Å². The van der Waals surface area contributed by atoms with Crippen molar-refractivity contribution in [3.63, 3.8) is 0 Å². The van der Waals surface area contributed by atoms with E-state index in [0.717, 1.165) is 12.1 Å². The van der Waals surface area contributed by atoms with Crippen molar-refractivity contribution in [3.05, 3.63) is 72.2 Å². The van der Waals surface area contributed by atoms with E-state index in [1.54, 1.807) is 24.3 Å². The molecule has 140 valence electrons. The number of carbonyl (C=O) groups excluding carboxylic acids is 1. The summed E-state index contributed by atoms with van der Waals surface area (Å²) in [5.74, 6) is -0.431. The van der Waals surface area contributed by atoms with Crippen molar-refractivity contribution in [2.75, 3.05) is 13.7 Å². The first-order valence-electron chi connectivity index (χ1n) is 7.91. The molecule has 3 aromatic rings. The summed E-state index contributed by atoms with van der Waals surface area (Å²) in [6.45, 7) is -0.526.